The second kappa shape index (κ2) is 49.3. The van der Waals surface area contributed by atoms with E-state index in [1.165, 1.54) is 79.9 Å². The first-order valence-corrected chi connectivity index (χ1v) is 50.8. The smallest absolute Gasteiger partial charge is 0.244 e. The van der Waals surface area contributed by atoms with E-state index in [2.05, 4.69) is 293 Å². The Morgan fingerprint density at radius 2 is 0.651 bits per heavy atom. The van der Waals surface area contributed by atoms with Crippen LogP contribution in [0.1, 0.15) is 168 Å². The first kappa shape index (κ1) is 105. The number of hydrogen-bond donors (Lipinski definition) is 3. The molecule has 0 unspecified atom stereocenters. The molecule has 0 bridgehead atoms. The van der Waals surface area contributed by atoms with Crippen molar-refractivity contribution in [3.8, 4) is 0 Å². The Morgan fingerprint density at radius 3 is 1.05 bits per heavy atom. The number of carbonyl (C=O) groups is 3. The van der Waals surface area contributed by atoms with E-state index in [0.29, 0.717) is 27.8 Å². The van der Waals surface area contributed by atoms with Crippen LogP contribution >= 0.6 is 34.8 Å². The van der Waals surface area contributed by atoms with Crippen molar-refractivity contribution in [2.75, 3.05) is 16.0 Å². The Morgan fingerprint density at radius 1 is 0.336 bits per heavy atom. The third kappa shape index (κ3) is 27.2. The molecular formula is C123H128Cl3N17O3. The summed E-state index contributed by atoms with van der Waals surface area (Å²) < 4.78 is 15.2. The molecule has 22 rings (SSSR count). The van der Waals surface area contributed by atoms with Crippen molar-refractivity contribution >= 4 is 147 Å². The second-order valence-corrected chi connectivity index (χ2v) is 39.4. The average molecular weight is 2000 g/mol. The summed E-state index contributed by atoms with van der Waals surface area (Å²) in [4.78, 5) is 69.3. The Labute approximate surface area is 870 Å². The fourth-order valence-electron chi connectivity index (χ4n) is 18.0. The maximum Gasteiger partial charge on any atom is 0.244 e. The summed E-state index contributed by atoms with van der Waals surface area (Å²) >= 11 is 17.6. The number of halogens is 3. The summed E-state index contributed by atoms with van der Waals surface area (Å²) in [6.07, 6.45) is 5.83. The van der Waals surface area contributed by atoms with Gasteiger partial charge in [0.2, 0.25) is 17.7 Å². The van der Waals surface area contributed by atoms with E-state index in [1.54, 1.807) is 48.5 Å². The monoisotopic (exact) mass is 2000 g/mol. The maximum atomic E-state index is 12.2. The molecule has 0 atom stereocenters. The lowest BCUT2D eigenvalue weighted by Gasteiger charge is -2.20. The molecule has 0 saturated heterocycles. The van der Waals surface area contributed by atoms with Gasteiger partial charge in [-0.2, -0.15) is 0 Å². The van der Waals surface area contributed by atoms with Gasteiger partial charge in [0.25, 0.3) is 0 Å². The summed E-state index contributed by atoms with van der Waals surface area (Å²) in [6, 6.07) is 117. The van der Waals surface area contributed by atoms with E-state index in [1.807, 2.05) is 157 Å². The molecule has 7 aromatic heterocycles. The lowest BCUT2D eigenvalue weighted by Crippen LogP contribution is -2.19. The topological polar surface area (TPSA) is 212 Å². The molecule has 3 amide bonds. The fraction of sp³-hybridized carbons (Fsp3) is 0.236. The maximum absolute atomic E-state index is 12.2. The van der Waals surface area contributed by atoms with Gasteiger partial charge in [0.15, 0.2) is 0 Å². The van der Waals surface area contributed by atoms with Crippen LogP contribution in [0, 0.1) is 40.5 Å². The molecule has 21 aromatic rings. The normalized spacial score (nSPS) is 11.6. The molecule has 146 heavy (non-hydrogen) atoms. The Bertz CT molecular complexity index is 7610. The van der Waals surface area contributed by atoms with Gasteiger partial charge in [-0.05, 0) is 252 Å². The molecule has 1 aliphatic rings. The number of amides is 3. The van der Waals surface area contributed by atoms with Crippen LogP contribution < -0.4 is 16.0 Å². The number of fused-ring (bicyclic) bond motifs is 7. The van der Waals surface area contributed by atoms with E-state index >= 15 is 0 Å². The molecule has 7 heterocycles. The average Bonchev–Trinajstić information content (AvgIpc) is 1.59. The summed E-state index contributed by atoms with van der Waals surface area (Å²) in [5.74, 6) is 8.83. The van der Waals surface area contributed by atoms with Crippen LogP contribution in [0.4, 0.5) is 17.1 Å². The summed E-state index contributed by atoms with van der Waals surface area (Å²) in [7, 11) is 0. The van der Waals surface area contributed by atoms with Crippen molar-refractivity contribution in [2.24, 2.45) is 5.92 Å². The van der Waals surface area contributed by atoms with Crippen molar-refractivity contribution in [2.45, 2.75) is 186 Å². The van der Waals surface area contributed by atoms with Gasteiger partial charge >= 0.3 is 0 Å². The quantitative estimate of drug-likeness (QED) is 0.0551. The SMILES string of the molecule is C.CC(C)(C)c1nc2ccccc2n1Cc1ccccc1.CC(C)Cc1nc2ccccc2n1Cc1ccc(Cl)cc1.CCC(CC)c1nc2ccccc2n1Cc1ccccc1.Cc1ccc(NC(=O)Cn2c(C)nc3ccccc32)cc1.Cc1ccccc1Cn1c(C2CC2)nc2ccccc21.Cc1nc2ccccc2n1CC(=O)Nc1ccc(Cl)cc1.Cc1nc2ccccc2n1CC(=O)Nc1ccc(Cl)cc1. The minimum Gasteiger partial charge on any atom is -0.325 e. The lowest BCUT2D eigenvalue weighted by molar-refractivity contribution is -0.117. The minimum atomic E-state index is -0.0939. The fourth-order valence-corrected chi connectivity index (χ4v) is 18.3. The lowest BCUT2D eigenvalue weighted by atomic mass is 9.95. The number of nitrogens with one attached hydrogen (secondary N) is 3. The molecule has 0 aliphatic heterocycles. The summed E-state index contributed by atoms with van der Waals surface area (Å²) in [5.41, 5.74) is 25.0. The van der Waals surface area contributed by atoms with Crippen LogP contribution in [-0.2, 0) is 72.0 Å². The van der Waals surface area contributed by atoms with Gasteiger partial charge in [-0.15, -0.1) is 0 Å². The van der Waals surface area contributed by atoms with Crippen molar-refractivity contribution in [1.82, 2.24) is 66.9 Å². The largest absolute Gasteiger partial charge is 0.325 e. The van der Waals surface area contributed by atoms with Crippen molar-refractivity contribution in [3.63, 3.8) is 0 Å². The van der Waals surface area contributed by atoms with Gasteiger partial charge in [-0.3, -0.25) is 14.4 Å². The van der Waals surface area contributed by atoms with Gasteiger partial charge in [0, 0.05) is 82.0 Å². The molecule has 1 saturated carbocycles. The van der Waals surface area contributed by atoms with Crippen molar-refractivity contribution < 1.29 is 14.4 Å². The Hall–Kier alpha value is -15.4. The number of imidazole rings is 7. The summed E-state index contributed by atoms with van der Waals surface area (Å²) in [6.45, 7) is 29.8. The number of para-hydroxylation sites is 14. The molecule has 744 valence electrons. The Balaban J connectivity index is 0.000000128. The molecule has 3 N–H and O–H groups in total. The highest BCUT2D eigenvalue weighted by atomic mass is 35.5. The standard InChI is InChI=1S/C19H22N2.C18H19ClN2.C18H18N2.C18H20N2.C17H17N3O.2C16H14ClN3O.CH4/c1-3-16(4-2)19-20-17-12-8-9-13-18(17)21(19)14-15-10-6-5-7-11-15;1-13(2)11-18-20-16-5-3-4-6-17(16)21(18)12-14-7-9-15(19)10-8-14;1-13-6-2-3-7-15(13)12-20-17-9-5-4-8-16(17)19-18(20)14-10-11-14;1-18(2,3)17-19-15-11-7-8-12-16(15)20(17)13-14-9-5-4-6-10-14;1-12-7-9-14(10-8-12)19-17(21)11-20-13(2)18-15-5-3-4-6-16(15)20;2*1-11-18-14-4-2-3-5-15(14)20(11)10-16(21)19-13-8-6-12(17)7-9-13;/h5-13,16H,3-4,14H2,1-2H3;3-10,13H,11-12H2,1-2H3;2-9,14H,10-12H2,1H3;4-12H,13H2,1-3H3;3-10H,11H2,1-2H3,(H,19,21);2*2-9H,10H2,1H3,(H,19,21);1H4. The van der Waals surface area contributed by atoms with Crippen LogP contribution in [0.3, 0.4) is 0 Å². The number of aryl methyl sites for hydroxylation is 5. The molecular weight excluding hydrogens is 1870 g/mol. The van der Waals surface area contributed by atoms with Gasteiger partial charge in [0.1, 0.15) is 60.4 Å². The minimum absolute atomic E-state index is 0. The van der Waals surface area contributed by atoms with E-state index < -0.39 is 0 Å². The predicted octanol–water partition coefficient (Wildman–Crippen LogP) is 29.8. The van der Waals surface area contributed by atoms with Gasteiger partial charge in [-0.25, -0.2) is 34.9 Å². The van der Waals surface area contributed by atoms with Gasteiger partial charge < -0.3 is 47.9 Å². The van der Waals surface area contributed by atoms with Crippen molar-refractivity contribution in [3.05, 3.63) is 441 Å². The predicted molar refractivity (Wildman–Crippen MR) is 604 cm³/mol. The molecule has 1 fully saturated rings. The number of carbonyl (C=O) groups excluding carboxylic acids is 3. The highest BCUT2D eigenvalue weighted by molar-refractivity contribution is 6.31. The molecule has 14 aromatic carbocycles. The van der Waals surface area contributed by atoms with Crippen molar-refractivity contribution in [1.29, 1.82) is 0 Å². The van der Waals surface area contributed by atoms with Gasteiger partial charge in [-0.1, -0.05) is 290 Å². The van der Waals surface area contributed by atoms with Crippen LogP contribution in [0.25, 0.3) is 77.2 Å². The number of anilines is 3. The molecule has 0 radical (unpaired) electrons. The number of hydrogen-bond acceptors (Lipinski definition) is 10. The molecule has 1 aliphatic carbocycles. The second-order valence-electron chi connectivity index (χ2n) is 38.1. The van der Waals surface area contributed by atoms with Crippen LogP contribution in [-0.4, -0.2) is 84.6 Å². The third-order valence-electron chi connectivity index (χ3n) is 25.6. The van der Waals surface area contributed by atoms with E-state index in [4.69, 9.17) is 54.7 Å². The first-order chi connectivity index (χ1) is 70.2. The Kier molecular flexibility index (Phi) is 35.4. The van der Waals surface area contributed by atoms with E-state index in [9.17, 15) is 14.4 Å². The first-order valence-electron chi connectivity index (χ1n) is 49.6. The summed E-state index contributed by atoms with van der Waals surface area (Å²) in [5, 5.41) is 10.7. The van der Waals surface area contributed by atoms with Crippen LogP contribution in [0.15, 0.2) is 352 Å². The number of rotatable bonds is 23. The number of aromatic nitrogens is 14. The molecule has 23 heteroatoms. The zero-order valence-electron chi connectivity index (χ0n) is 84.3. The highest BCUT2D eigenvalue weighted by Crippen LogP contribution is 2.41. The highest BCUT2D eigenvalue weighted by Gasteiger charge is 2.30. The number of nitrogens with zero attached hydrogens (tertiary/aromatic N) is 14. The molecule has 0 spiro atoms. The zero-order valence-corrected chi connectivity index (χ0v) is 86.6. The van der Waals surface area contributed by atoms with E-state index in [-0.39, 0.29) is 50.2 Å². The third-order valence-corrected chi connectivity index (χ3v) is 26.3. The van der Waals surface area contributed by atoms with Gasteiger partial charge in [0.05, 0.1) is 77.2 Å². The zero-order chi connectivity index (χ0) is 102. The van der Waals surface area contributed by atoms with Crippen LogP contribution in [0.2, 0.25) is 15.1 Å². The van der Waals surface area contributed by atoms with Crippen LogP contribution in [0.5, 0.6) is 0 Å². The number of benzene rings is 14. The molecule has 20 nitrogen and oxygen atoms in total. The van der Waals surface area contributed by atoms with E-state index in [0.717, 1.165) is 152 Å².